The molecule has 0 unspecified atom stereocenters. The van der Waals surface area contributed by atoms with Gasteiger partial charge in [0.15, 0.2) is 0 Å². The number of hydrogen-bond donors (Lipinski definition) is 2. The Morgan fingerprint density at radius 2 is 1.74 bits per heavy atom. The highest BCUT2D eigenvalue weighted by molar-refractivity contribution is 7.92. The molecule has 0 bridgehead atoms. The Morgan fingerprint density at radius 3 is 2.42 bits per heavy atom. The molecule has 2 N–H and O–H groups in total. The standard InChI is InChI=1S/C23H25N3O4S/c1-3-4-15-24-22(27)21-6-5-16-25-23(21)30-19-11-9-18(10-12-19)26-31(28,29)20-13-7-17(2)8-14-20/h5-14,16,26H,3-4,15H2,1-2H3,(H,24,27). The topological polar surface area (TPSA) is 97.4 Å². The number of unbranched alkanes of at least 4 members (excludes halogenated alkanes) is 1. The molecule has 0 saturated heterocycles. The second kappa shape index (κ2) is 10.1. The van der Waals surface area contributed by atoms with E-state index in [1.165, 1.54) is 0 Å². The average molecular weight is 440 g/mol. The maximum Gasteiger partial charge on any atom is 0.261 e. The van der Waals surface area contributed by atoms with E-state index < -0.39 is 10.0 Å². The highest BCUT2D eigenvalue weighted by Gasteiger charge is 2.15. The normalized spacial score (nSPS) is 11.0. The molecule has 7 nitrogen and oxygen atoms in total. The van der Waals surface area contributed by atoms with Gasteiger partial charge in [-0.05, 0) is 61.9 Å². The minimum Gasteiger partial charge on any atom is -0.438 e. The molecule has 0 aliphatic heterocycles. The van der Waals surface area contributed by atoms with E-state index in [2.05, 4.69) is 21.9 Å². The molecular weight excluding hydrogens is 414 g/mol. The minimum atomic E-state index is -3.69. The lowest BCUT2D eigenvalue weighted by Gasteiger charge is -2.11. The van der Waals surface area contributed by atoms with Crippen LogP contribution in [0.25, 0.3) is 0 Å². The molecule has 8 heteroatoms. The number of carbonyl (C=O) groups excluding carboxylic acids is 1. The van der Waals surface area contributed by atoms with Gasteiger partial charge in [0.25, 0.3) is 15.9 Å². The number of hydrogen-bond acceptors (Lipinski definition) is 5. The molecule has 0 atom stereocenters. The number of nitrogens with one attached hydrogen (secondary N) is 2. The van der Waals surface area contributed by atoms with Crippen molar-refractivity contribution in [3.8, 4) is 11.6 Å². The number of benzene rings is 2. The van der Waals surface area contributed by atoms with Crippen molar-refractivity contribution < 1.29 is 17.9 Å². The van der Waals surface area contributed by atoms with Crippen LogP contribution >= 0.6 is 0 Å². The van der Waals surface area contributed by atoms with Crippen molar-refractivity contribution in [2.24, 2.45) is 0 Å². The van der Waals surface area contributed by atoms with Gasteiger partial charge in [0.05, 0.1) is 4.90 Å². The van der Waals surface area contributed by atoms with Crippen molar-refractivity contribution in [3.63, 3.8) is 0 Å². The van der Waals surface area contributed by atoms with Gasteiger partial charge in [-0.2, -0.15) is 0 Å². The molecule has 3 rings (SSSR count). The Balaban J connectivity index is 1.70. The molecule has 0 aliphatic rings. The van der Waals surface area contributed by atoms with E-state index in [4.69, 9.17) is 4.74 Å². The largest absolute Gasteiger partial charge is 0.438 e. The summed E-state index contributed by atoms with van der Waals surface area (Å²) in [5.74, 6) is 0.364. The fourth-order valence-corrected chi connectivity index (χ4v) is 3.81. The number of aromatic nitrogens is 1. The van der Waals surface area contributed by atoms with Crippen LogP contribution < -0.4 is 14.8 Å². The van der Waals surface area contributed by atoms with Crippen molar-refractivity contribution >= 4 is 21.6 Å². The summed E-state index contributed by atoms with van der Waals surface area (Å²) >= 11 is 0. The quantitative estimate of drug-likeness (QED) is 0.478. The Kier molecular flexibility index (Phi) is 7.25. The zero-order chi connectivity index (χ0) is 22.3. The van der Waals surface area contributed by atoms with Crippen LogP contribution in [0.1, 0.15) is 35.7 Å². The Labute approximate surface area is 182 Å². The number of anilines is 1. The van der Waals surface area contributed by atoms with Gasteiger partial charge in [-0.3, -0.25) is 9.52 Å². The molecular formula is C23H25N3O4S. The summed E-state index contributed by atoms with van der Waals surface area (Å²) in [5.41, 5.74) is 1.71. The Morgan fingerprint density at radius 1 is 1.03 bits per heavy atom. The molecule has 0 saturated carbocycles. The third-order valence-corrected chi connectivity index (χ3v) is 5.88. The number of pyridine rings is 1. The number of rotatable bonds is 9. The van der Waals surface area contributed by atoms with E-state index in [0.29, 0.717) is 23.5 Å². The highest BCUT2D eigenvalue weighted by atomic mass is 32.2. The predicted molar refractivity (Wildman–Crippen MR) is 120 cm³/mol. The van der Waals surface area contributed by atoms with Crippen molar-refractivity contribution in [1.29, 1.82) is 0 Å². The number of ether oxygens (including phenoxy) is 1. The first kappa shape index (κ1) is 22.3. The monoisotopic (exact) mass is 439 g/mol. The van der Waals surface area contributed by atoms with Crippen molar-refractivity contribution in [2.45, 2.75) is 31.6 Å². The van der Waals surface area contributed by atoms with Crippen molar-refractivity contribution in [1.82, 2.24) is 10.3 Å². The Hall–Kier alpha value is -3.39. The molecule has 1 aromatic heterocycles. The molecule has 2 aromatic carbocycles. The summed E-state index contributed by atoms with van der Waals surface area (Å²) in [4.78, 5) is 16.7. The number of carbonyl (C=O) groups is 1. The maximum atomic E-state index is 12.5. The number of aryl methyl sites for hydroxylation is 1. The summed E-state index contributed by atoms with van der Waals surface area (Å²) < 4.78 is 33.4. The first-order chi connectivity index (χ1) is 14.9. The molecule has 0 radical (unpaired) electrons. The second-order valence-corrected chi connectivity index (χ2v) is 8.69. The molecule has 1 heterocycles. The summed E-state index contributed by atoms with van der Waals surface area (Å²) in [6.07, 6.45) is 3.42. The molecule has 0 aliphatic carbocycles. The summed E-state index contributed by atoms with van der Waals surface area (Å²) in [6, 6.07) is 16.3. The van der Waals surface area contributed by atoms with E-state index in [1.807, 2.05) is 6.92 Å². The number of sulfonamides is 1. The van der Waals surface area contributed by atoms with Crippen LogP contribution in [-0.4, -0.2) is 25.9 Å². The van der Waals surface area contributed by atoms with Gasteiger partial charge in [0.2, 0.25) is 5.88 Å². The number of nitrogens with zero attached hydrogens (tertiary/aromatic N) is 1. The summed E-state index contributed by atoms with van der Waals surface area (Å²) in [5, 5.41) is 2.84. The van der Waals surface area contributed by atoms with E-state index in [1.54, 1.807) is 66.9 Å². The van der Waals surface area contributed by atoms with Crippen LogP contribution in [-0.2, 0) is 10.0 Å². The van der Waals surface area contributed by atoms with Crippen molar-refractivity contribution in [3.05, 3.63) is 78.0 Å². The molecule has 162 valence electrons. The lowest BCUT2D eigenvalue weighted by atomic mass is 10.2. The zero-order valence-electron chi connectivity index (χ0n) is 17.5. The first-order valence-corrected chi connectivity index (χ1v) is 11.5. The van der Waals surface area contributed by atoms with E-state index in [-0.39, 0.29) is 16.7 Å². The van der Waals surface area contributed by atoms with Crippen LogP contribution in [0, 0.1) is 6.92 Å². The van der Waals surface area contributed by atoms with Crippen molar-refractivity contribution in [2.75, 3.05) is 11.3 Å². The SMILES string of the molecule is CCCCNC(=O)c1cccnc1Oc1ccc(NS(=O)(=O)c2ccc(C)cc2)cc1. The second-order valence-electron chi connectivity index (χ2n) is 7.01. The van der Waals surface area contributed by atoms with Crippen LogP contribution in [0.15, 0.2) is 71.8 Å². The van der Waals surface area contributed by atoms with Gasteiger partial charge in [0.1, 0.15) is 11.3 Å². The van der Waals surface area contributed by atoms with Gasteiger partial charge in [-0.25, -0.2) is 13.4 Å². The summed E-state index contributed by atoms with van der Waals surface area (Å²) in [7, 11) is -3.69. The zero-order valence-corrected chi connectivity index (χ0v) is 18.3. The van der Waals surface area contributed by atoms with Gasteiger partial charge in [0, 0.05) is 18.4 Å². The van der Waals surface area contributed by atoms with E-state index in [0.717, 1.165) is 18.4 Å². The third kappa shape index (κ3) is 6.05. The third-order valence-electron chi connectivity index (χ3n) is 4.48. The van der Waals surface area contributed by atoms with Crippen LogP contribution in [0.5, 0.6) is 11.6 Å². The molecule has 31 heavy (non-hydrogen) atoms. The van der Waals surface area contributed by atoms with Crippen LogP contribution in [0.3, 0.4) is 0 Å². The molecule has 3 aromatic rings. The van der Waals surface area contributed by atoms with Gasteiger partial charge in [-0.1, -0.05) is 31.0 Å². The van der Waals surface area contributed by atoms with Gasteiger partial charge >= 0.3 is 0 Å². The fourth-order valence-electron chi connectivity index (χ4n) is 2.75. The Bertz CT molecular complexity index is 1130. The van der Waals surface area contributed by atoms with Crippen LogP contribution in [0.4, 0.5) is 5.69 Å². The first-order valence-electron chi connectivity index (χ1n) is 9.99. The smallest absolute Gasteiger partial charge is 0.261 e. The van der Waals surface area contributed by atoms with E-state index in [9.17, 15) is 13.2 Å². The highest BCUT2D eigenvalue weighted by Crippen LogP contribution is 2.25. The van der Waals surface area contributed by atoms with Gasteiger partial charge in [-0.15, -0.1) is 0 Å². The number of amides is 1. The average Bonchev–Trinajstić information content (AvgIpc) is 2.76. The lowest BCUT2D eigenvalue weighted by molar-refractivity contribution is 0.0950. The van der Waals surface area contributed by atoms with Crippen LogP contribution in [0.2, 0.25) is 0 Å². The molecule has 0 fully saturated rings. The minimum absolute atomic E-state index is 0.185. The fraction of sp³-hybridized carbons (Fsp3) is 0.217. The maximum absolute atomic E-state index is 12.5. The summed E-state index contributed by atoms with van der Waals surface area (Å²) in [6.45, 7) is 4.53. The molecule has 0 spiro atoms. The lowest BCUT2D eigenvalue weighted by Crippen LogP contribution is -2.24. The molecule has 1 amide bonds. The van der Waals surface area contributed by atoms with E-state index >= 15 is 0 Å². The van der Waals surface area contributed by atoms with Gasteiger partial charge < -0.3 is 10.1 Å². The predicted octanol–water partition coefficient (Wildman–Crippen LogP) is 4.51.